The molecule has 0 aliphatic rings. The maximum atomic E-state index is 12.3. The molecule has 0 saturated carbocycles. The van der Waals surface area contributed by atoms with E-state index in [-0.39, 0.29) is 5.02 Å². The molecule has 0 heterocycles. The third kappa shape index (κ3) is 4.59. The van der Waals surface area contributed by atoms with Crippen LogP contribution in [0.5, 0.6) is 5.75 Å². The Kier molecular flexibility index (Phi) is 6.32. The molecule has 3 aromatic carbocycles. The predicted molar refractivity (Wildman–Crippen MR) is 111 cm³/mol. The second kappa shape index (κ2) is 8.89. The van der Waals surface area contributed by atoms with Crippen LogP contribution in [0.2, 0.25) is 10.0 Å². The molecule has 0 spiro atoms. The first-order valence-corrected chi connectivity index (χ1v) is 9.28. The van der Waals surface area contributed by atoms with Crippen LogP contribution in [0, 0.1) is 0 Å². The van der Waals surface area contributed by atoms with Crippen molar-refractivity contribution in [3.63, 3.8) is 0 Å². The predicted octanol–water partition coefficient (Wildman–Crippen LogP) is 5.70. The van der Waals surface area contributed by atoms with Gasteiger partial charge < -0.3 is 4.74 Å². The van der Waals surface area contributed by atoms with Crippen molar-refractivity contribution in [1.82, 2.24) is 5.43 Å². The summed E-state index contributed by atoms with van der Waals surface area (Å²) in [7, 11) is 0. The lowest BCUT2D eigenvalue weighted by Crippen LogP contribution is -2.18. The zero-order valence-electron chi connectivity index (χ0n) is 14.7. The number of hydrogen-bond donors (Lipinski definition) is 1. The molecule has 6 heteroatoms. The van der Waals surface area contributed by atoms with E-state index in [1.54, 1.807) is 18.3 Å². The van der Waals surface area contributed by atoms with Gasteiger partial charge in [-0.2, -0.15) is 5.10 Å². The zero-order chi connectivity index (χ0) is 19.2. The Labute approximate surface area is 167 Å². The highest BCUT2D eigenvalue weighted by Crippen LogP contribution is 2.27. The molecular formula is C21H18Cl2N2O2. The largest absolute Gasteiger partial charge is 0.493 e. The van der Waals surface area contributed by atoms with E-state index in [9.17, 15) is 4.79 Å². The molecule has 1 N–H and O–H groups in total. The molecule has 3 aromatic rings. The number of halogens is 2. The number of hydrogen-bond acceptors (Lipinski definition) is 3. The van der Waals surface area contributed by atoms with Gasteiger partial charge in [0.15, 0.2) is 0 Å². The number of benzene rings is 3. The number of fused-ring (bicyclic) bond motifs is 1. The molecule has 0 radical (unpaired) electrons. The van der Waals surface area contributed by atoms with Crippen LogP contribution in [-0.4, -0.2) is 18.7 Å². The monoisotopic (exact) mass is 400 g/mol. The van der Waals surface area contributed by atoms with Crippen LogP contribution in [0.3, 0.4) is 0 Å². The van der Waals surface area contributed by atoms with Gasteiger partial charge in [-0.05, 0) is 41.5 Å². The summed E-state index contributed by atoms with van der Waals surface area (Å²) in [6, 6.07) is 16.5. The number of hydrazone groups is 1. The molecule has 27 heavy (non-hydrogen) atoms. The van der Waals surface area contributed by atoms with E-state index in [4.69, 9.17) is 27.9 Å². The molecule has 1 amide bonds. The number of ether oxygens (including phenoxy) is 1. The quantitative estimate of drug-likeness (QED) is 0.426. The number of carbonyl (C=O) groups is 1. The van der Waals surface area contributed by atoms with Gasteiger partial charge in [0, 0.05) is 10.6 Å². The fraction of sp³-hybridized carbons (Fsp3) is 0.143. The summed E-state index contributed by atoms with van der Waals surface area (Å²) in [6.07, 6.45) is 2.49. The van der Waals surface area contributed by atoms with Crippen molar-refractivity contribution in [3.8, 4) is 5.75 Å². The first-order valence-electron chi connectivity index (χ1n) is 8.53. The molecule has 0 aliphatic heterocycles. The van der Waals surface area contributed by atoms with Crippen molar-refractivity contribution in [3.05, 3.63) is 75.8 Å². The summed E-state index contributed by atoms with van der Waals surface area (Å²) >= 11 is 11.9. The van der Waals surface area contributed by atoms with E-state index < -0.39 is 5.91 Å². The second-order valence-corrected chi connectivity index (χ2v) is 6.71. The molecule has 0 unspecified atom stereocenters. The Bertz CT molecular complexity index is 1000. The lowest BCUT2D eigenvalue weighted by Gasteiger charge is -2.11. The summed E-state index contributed by atoms with van der Waals surface area (Å²) in [6.45, 7) is 2.65. The molecule has 3 rings (SSSR count). The van der Waals surface area contributed by atoms with Gasteiger partial charge in [-0.3, -0.25) is 4.79 Å². The Morgan fingerprint density at radius 1 is 1.15 bits per heavy atom. The van der Waals surface area contributed by atoms with Crippen LogP contribution >= 0.6 is 23.2 Å². The van der Waals surface area contributed by atoms with Crippen molar-refractivity contribution < 1.29 is 9.53 Å². The summed E-state index contributed by atoms with van der Waals surface area (Å²) in [5.74, 6) is 0.308. The molecule has 0 saturated heterocycles. The first kappa shape index (κ1) is 19.2. The van der Waals surface area contributed by atoms with E-state index in [0.29, 0.717) is 17.2 Å². The molecule has 0 aliphatic carbocycles. The minimum absolute atomic E-state index is 0.271. The normalized spacial score (nSPS) is 11.1. The molecule has 0 fully saturated rings. The highest BCUT2D eigenvalue weighted by molar-refractivity contribution is 6.36. The minimum atomic E-state index is -0.413. The molecule has 0 bridgehead atoms. The van der Waals surface area contributed by atoms with Crippen molar-refractivity contribution in [1.29, 1.82) is 0 Å². The third-order valence-corrected chi connectivity index (χ3v) is 4.48. The van der Waals surface area contributed by atoms with Gasteiger partial charge >= 0.3 is 0 Å². The average Bonchev–Trinajstić information content (AvgIpc) is 2.67. The van der Waals surface area contributed by atoms with E-state index in [0.717, 1.165) is 28.5 Å². The zero-order valence-corrected chi connectivity index (χ0v) is 16.2. The SMILES string of the molecule is CCCOc1ccc2ccccc2c1/C=N\NC(=O)c1ccc(Cl)cc1Cl. The third-order valence-electron chi connectivity index (χ3n) is 3.93. The van der Waals surface area contributed by atoms with Crippen LogP contribution in [0.1, 0.15) is 29.3 Å². The van der Waals surface area contributed by atoms with Gasteiger partial charge in [0.1, 0.15) is 5.75 Å². The van der Waals surface area contributed by atoms with Crippen LogP contribution < -0.4 is 10.2 Å². The molecule has 4 nitrogen and oxygen atoms in total. The van der Waals surface area contributed by atoms with Crippen molar-refractivity contribution in [2.24, 2.45) is 5.10 Å². The van der Waals surface area contributed by atoms with Crippen molar-refractivity contribution in [2.75, 3.05) is 6.61 Å². The Hall–Kier alpha value is -2.56. The number of nitrogens with one attached hydrogen (secondary N) is 1. The summed E-state index contributed by atoms with van der Waals surface area (Å²) in [5, 5.41) is 6.90. The summed E-state index contributed by atoms with van der Waals surface area (Å²) in [4.78, 5) is 12.3. The van der Waals surface area contributed by atoms with Crippen LogP contribution in [-0.2, 0) is 0 Å². The Morgan fingerprint density at radius 3 is 2.74 bits per heavy atom. The number of amides is 1. The van der Waals surface area contributed by atoms with Gasteiger partial charge in [-0.15, -0.1) is 0 Å². The lowest BCUT2D eigenvalue weighted by molar-refractivity contribution is 0.0955. The fourth-order valence-corrected chi connectivity index (χ4v) is 3.13. The number of rotatable bonds is 6. The highest BCUT2D eigenvalue weighted by Gasteiger charge is 2.11. The highest BCUT2D eigenvalue weighted by atomic mass is 35.5. The van der Waals surface area contributed by atoms with E-state index in [1.165, 1.54) is 6.07 Å². The molecule has 138 valence electrons. The van der Waals surface area contributed by atoms with Crippen LogP contribution in [0.4, 0.5) is 0 Å². The van der Waals surface area contributed by atoms with Gasteiger partial charge in [0.2, 0.25) is 0 Å². The Balaban J connectivity index is 1.87. The van der Waals surface area contributed by atoms with Gasteiger partial charge in [0.25, 0.3) is 5.91 Å². The second-order valence-electron chi connectivity index (χ2n) is 5.87. The summed E-state index contributed by atoms with van der Waals surface area (Å²) < 4.78 is 5.83. The van der Waals surface area contributed by atoms with E-state index in [2.05, 4.69) is 10.5 Å². The minimum Gasteiger partial charge on any atom is -0.493 e. The van der Waals surface area contributed by atoms with Crippen LogP contribution in [0.15, 0.2) is 59.7 Å². The van der Waals surface area contributed by atoms with Crippen molar-refractivity contribution in [2.45, 2.75) is 13.3 Å². The van der Waals surface area contributed by atoms with Crippen molar-refractivity contribution >= 4 is 46.1 Å². The molecule has 0 aromatic heterocycles. The average molecular weight is 401 g/mol. The van der Waals surface area contributed by atoms with Gasteiger partial charge in [-0.1, -0.05) is 60.5 Å². The topological polar surface area (TPSA) is 50.7 Å². The molecule has 0 atom stereocenters. The Morgan fingerprint density at radius 2 is 1.96 bits per heavy atom. The van der Waals surface area contributed by atoms with Crippen LogP contribution in [0.25, 0.3) is 10.8 Å². The maximum Gasteiger partial charge on any atom is 0.272 e. The van der Waals surface area contributed by atoms with Gasteiger partial charge in [0.05, 0.1) is 23.4 Å². The van der Waals surface area contributed by atoms with Gasteiger partial charge in [-0.25, -0.2) is 5.43 Å². The van der Waals surface area contributed by atoms with E-state index >= 15 is 0 Å². The summed E-state index contributed by atoms with van der Waals surface area (Å²) in [5.41, 5.74) is 3.62. The molecular weight excluding hydrogens is 383 g/mol. The lowest BCUT2D eigenvalue weighted by atomic mass is 10.0. The maximum absolute atomic E-state index is 12.3. The number of nitrogens with zero attached hydrogens (tertiary/aromatic N) is 1. The smallest absolute Gasteiger partial charge is 0.272 e. The standard InChI is InChI=1S/C21H18Cl2N2O2/c1-2-11-27-20-10-7-14-5-3-4-6-16(14)18(20)13-24-25-21(26)17-9-8-15(22)12-19(17)23/h3-10,12-13H,2,11H2,1H3,(H,25,26)/b24-13-. The number of carbonyl (C=O) groups excluding carboxylic acids is 1. The fourth-order valence-electron chi connectivity index (χ4n) is 2.64. The van der Waals surface area contributed by atoms with E-state index in [1.807, 2.05) is 43.3 Å². The first-order chi connectivity index (χ1) is 13.1.